The summed E-state index contributed by atoms with van der Waals surface area (Å²) in [7, 11) is 1.88. The Morgan fingerprint density at radius 2 is 2.05 bits per heavy atom. The van der Waals surface area contributed by atoms with Crippen LogP contribution in [0.2, 0.25) is 0 Å². The van der Waals surface area contributed by atoms with Gasteiger partial charge in [-0.15, -0.1) is 0 Å². The Bertz CT molecular complexity index is 512. The minimum atomic E-state index is -0.563. The Morgan fingerprint density at radius 3 is 2.70 bits per heavy atom. The third-order valence-corrected chi connectivity index (χ3v) is 3.25. The summed E-state index contributed by atoms with van der Waals surface area (Å²) in [5, 5.41) is 17.3. The van der Waals surface area contributed by atoms with Gasteiger partial charge in [-0.3, -0.25) is 4.68 Å². The van der Waals surface area contributed by atoms with E-state index in [0.29, 0.717) is 19.5 Å². The van der Waals surface area contributed by atoms with E-state index in [1.807, 2.05) is 49.8 Å². The summed E-state index contributed by atoms with van der Waals surface area (Å²) in [6.45, 7) is 1.16. The molecule has 1 aromatic heterocycles. The number of hydrogen-bond donors (Lipinski definition) is 3. The van der Waals surface area contributed by atoms with Crippen molar-refractivity contribution in [2.75, 3.05) is 6.54 Å². The third kappa shape index (κ3) is 4.45. The highest BCUT2D eigenvalue weighted by molar-refractivity contribution is 5.16. The molecule has 0 radical (unpaired) electrons. The van der Waals surface area contributed by atoms with Crippen LogP contribution in [0.1, 0.15) is 11.1 Å². The highest BCUT2D eigenvalue weighted by Gasteiger charge is 2.14. The maximum atomic E-state index is 10.1. The minimum Gasteiger partial charge on any atom is -0.390 e. The predicted octanol–water partition coefficient (Wildman–Crippen LogP) is 0.441. The average molecular weight is 274 g/mol. The van der Waals surface area contributed by atoms with Crippen molar-refractivity contribution >= 4 is 0 Å². The van der Waals surface area contributed by atoms with Crippen molar-refractivity contribution in [3.05, 3.63) is 53.9 Å². The highest BCUT2D eigenvalue weighted by atomic mass is 16.3. The molecular formula is C15H22N4O. The lowest BCUT2D eigenvalue weighted by atomic mass is 10.0. The molecule has 0 saturated heterocycles. The lowest BCUT2D eigenvalue weighted by Crippen LogP contribution is -2.42. The Labute approximate surface area is 119 Å². The fourth-order valence-corrected chi connectivity index (χ4v) is 2.10. The summed E-state index contributed by atoms with van der Waals surface area (Å²) in [6, 6.07) is 9.72. The van der Waals surface area contributed by atoms with Crippen LogP contribution < -0.4 is 11.1 Å². The smallest absolute Gasteiger partial charge is 0.0818 e. The standard InChI is InChI=1S/C15H22N4O/c1-19-11-13(9-18-19)8-17-10-15(20)14(16)7-12-5-3-2-4-6-12/h2-6,9,11,14-15,17,20H,7-8,10,16H2,1H3/t14-,15+/m0/s1. The van der Waals surface area contributed by atoms with Crippen molar-refractivity contribution < 1.29 is 5.11 Å². The zero-order valence-corrected chi connectivity index (χ0v) is 11.7. The number of nitrogens with two attached hydrogens (primary N) is 1. The zero-order chi connectivity index (χ0) is 14.4. The summed E-state index contributed by atoms with van der Waals surface area (Å²) in [5.41, 5.74) is 8.26. The molecule has 0 fully saturated rings. The van der Waals surface area contributed by atoms with Gasteiger partial charge in [-0.2, -0.15) is 5.10 Å². The van der Waals surface area contributed by atoms with E-state index in [2.05, 4.69) is 10.4 Å². The first-order chi connectivity index (χ1) is 9.65. The normalized spacial score (nSPS) is 14.2. The van der Waals surface area contributed by atoms with Gasteiger partial charge in [0.1, 0.15) is 0 Å². The fourth-order valence-electron chi connectivity index (χ4n) is 2.10. The van der Waals surface area contributed by atoms with Crippen molar-refractivity contribution in [1.29, 1.82) is 0 Å². The van der Waals surface area contributed by atoms with E-state index in [4.69, 9.17) is 5.73 Å². The zero-order valence-electron chi connectivity index (χ0n) is 11.7. The van der Waals surface area contributed by atoms with Crippen LogP contribution in [0.3, 0.4) is 0 Å². The molecule has 2 atom stereocenters. The van der Waals surface area contributed by atoms with Gasteiger partial charge in [0.2, 0.25) is 0 Å². The number of aryl methyl sites for hydroxylation is 1. The molecule has 0 aliphatic heterocycles. The Hall–Kier alpha value is -1.69. The van der Waals surface area contributed by atoms with E-state index in [1.54, 1.807) is 4.68 Å². The molecule has 108 valence electrons. The van der Waals surface area contributed by atoms with Gasteiger partial charge in [-0.25, -0.2) is 0 Å². The summed E-state index contributed by atoms with van der Waals surface area (Å²) in [5.74, 6) is 0. The number of aliphatic hydroxyl groups is 1. The lowest BCUT2D eigenvalue weighted by Gasteiger charge is -2.19. The second-order valence-corrected chi connectivity index (χ2v) is 5.07. The molecule has 4 N–H and O–H groups in total. The van der Waals surface area contributed by atoms with Crippen LogP contribution in [-0.4, -0.2) is 33.6 Å². The molecule has 2 aromatic rings. The van der Waals surface area contributed by atoms with Gasteiger partial charge in [-0.05, 0) is 12.0 Å². The van der Waals surface area contributed by atoms with E-state index in [1.165, 1.54) is 0 Å². The quantitative estimate of drug-likeness (QED) is 0.685. The minimum absolute atomic E-state index is 0.265. The van der Waals surface area contributed by atoms with E-state index in [9.17, 15) is 5.11 Å². The fraction of sp³-hybridized carbons (Fsp3) is 0.400. The van der Waals surface area contributed by atoms with E-state index in [0.717, 1.165) is 11.1 Å². The van der Waals surface area contributed by atoms with Crippen molar-refractivity contribution in [2.45, 2.75) is 25.1 Å². The first kappa shape index (κ1) is 14.7. The van der Waals surface area contributed by atoms with Gasteiger partial charge in [0, 0.05) is 37.9 Å². The molecule has 1 heterocycles. The van der Waals surface area contributed by atoms with Crippen molar-refractivity contribution in [1.82, 2.24) is 15.1 Å². The SMILES string of the molecule is Cn1cc(CNC[C@@H](O)[C@@H](N)Cc2ccccc2)cn1. The molecule has 5 heteroatoms. The molecule has 0 unspecified atom stereocenters. The van der Waals surface area contributed by atoms with Crippen LogP contribution in [0.15, 0.2) is 42.7 Å². The number of nitrogens with one attached hydrogen (secondary N) is 1. The van der Waals surface area contributed by atoms with E-state index >= 15 is 0 Å². The largest absolute Gasteiger partial charge is 0.390 e. The maximum absolute atomic E-state index is 10.1. The van der Waals surface area contributed by atoms with Crippen LogP contribution in [0.4, 0.5) is 0 Å². The molecule has 0 amide bonds. The highest BCUT2D eigenvalue weighted by Crippen LogP contribution is 2.04. The second kappa shape index (κ2) is 7.19. The predicted molar refractivity (Wildman–Crippen MR) is 79.0 cm³/mol. The van der Waals surface area contributed by atoms with Crippen LogP contribution >= 0.6 is 0 Å². The molecule has 20 heavy (non-hydrogen) atoms. The Balaban J connectivity index is 1.72. The van der Waals surface area contributed by atoms with Gasteiger partial charge in [0.25, 0.3) is 0 Å². The van der Waals surface area contributed by atoms with E-state index in [-0.39, 0.29) is 6.04 Å². The number of hydrogen-bond acceptors (Lipinski definition) is 4. The first-order valence-corrected chi connectivity index (χ1v) is 6.81. The van der Waals surface area contributed by atoms with Gasteiger partial charge >= 0.3 is 0 Å². The number of aromatic nitrogens is 2. The molecule has 0 aliphatic rings. The Kier molecular flexibility index (Phi) is 5.29. The first-order valence-electron chi connectivity index (χ1n) is 6.81. The molecular weight excluding hydrogens is 252 g/mol. The number of rotatable bonds is 7. The van der Waals surface area contributed by atoms with Gasteiger partial charge < -0.3 is 16.2 Å². The number of nitrogens with zero attached hydrogens (tertiary/aromatic N) is 2. The van der Waals surface area contributed by atoms with Gasteiger partial charge in [0.05, 0.1) is 12.3 Å². The molecule has 0 bridgehead atoms. The summed E-state index contributed by atoms with van der Waals surface area (Å²) < 4.78 is 1.76. The van der Waals surface area contributed by atoms with Crippen molar-refractivity contribution in [3.8, 4) is 0 Å². The van der Waals surface area contributed by atoms with Crippen molar-refractivity contribution in [2.24, 2.45) is 12.8 Å². The van der Waals surface area contributed by atoms with Crippen molar-refractivity contribution in [3.63, 3.8) is 0 Å². The molecule has 0 aliphatic carbocycles. The Morgan fingerprint density at radius 1 is 1.30 bits per heavy atom. The van der Waals surface area contributed by atoms with Gasteiger partial charge in [0.15, 0.2) is 0 Å². The molecule has 1 aromatic carbocycles. The summed E-state index contributed by atoms with van der Waals surface area (Å²) >= 11 is 0. The maximum Gasteiger partial charge on any atom is 0.0818 e. The molecule has 0 saturated carbocycles. The number of aliphatic hydroxyl groups excluding tert-OH is 1. The second-order valence-electron chi connectivity index (χ2n) is 5.07. The molecule has 2 rings (SSSR count). The van der Waals surface area contributed by atoms with Crippen LogP contribution in [0, 0.1) is 0 Å². The van der Waals surface area contributed by atoms with Crippen LogP contribution in [-0.2, 0) is 20.0 Å². The summed E-state index contributed by atoms with van der Waals surface area (Å²) in [4.78, 5) is 0. The number of benzene rings is 1. The van der Waals surface area contributed by atoms with E-state index < -0.39 is 6.10 Å². The topological polar surface area (TPSA) is 76.1 Å². The summed E-state index contributed by atoms with van der Waals surface area (Å²) in [6.07, 6.45) is 3.87. The molecule has 5 nitrogen and oxygen atoms in total. The van der Waals surface area contributed by atoms with Crippen LogP contribution in [0.25, 0.3) is 0 Å². The molecule has 0 spiro atoms. The average Bonchev–Trinajstić information content (AvgIpc) is 2.85. The van der Waals surface area contributed by atoms with Gasteiger partial charge in [-0.1, -0.05) is 30.3 Å². The third-order valence-electron chi connectivity index (χ3n) is 3.25. The monoisotopic (exact) mass is 274 g/mol. The lowest BCUT2D eigenvalue weighted by molar-refractivity contribution is 0.141. The van der Waals surface area contributed by atoms with Crippen LogP contribution in [0.5, 0.6) is 0 Å².